The zero-order chi connectivity index (χ0) is 21.5. The molecule has 0 amide bonds. The number of aromatic amines is 4. The normalized spacial score (nSPS) is 12.9. The molecule has 5 heteroatoms. The van der Waals surface area contributed by atoms with Gasteiger partial charge in [-0.1, -0.05) is 30.3 Å². The predicted molar refractivity (Wildman–Crippen MR) is 126 cm³/mol. The summed E-state index contributed by atoms with van der Waals surface area (Å²) in [6.45, 7) is 0. The summed E-state index contributed by atoms with van der Waals surface area (Å²) in [5.74, 6) is 0.767. The van der Waals surface area contributed by atoms with Crippen molar-refractivity contribution in [1.29, 1.82) is 0 Å². The molecule has 0 aliphatic carbocycles. The standard InChI is InChI=1S/C27H22N4O/c1-32-27-24-12-10-21(30-24)16-19-8-7-18(28-19)15-20-9-11-22(29-20)26(17-5-3-2-4-6-17)23-13-14-25(27)31-23/h2-16,28-31H,1H3. The number of nitrogens with one attached hydrogen (secondary N) is 4. The third kappa shape index (κ3) is 3.20. The lowest BCUT2D eigenvalue weighted by Gasteiger charge is -2.06. The fourth-order valence-electron chi connectivity index (χ4n) is 4.30. The zero-order valence-electron chi connectivity index (χ0n) is 17.6. The number of hydrogen-bond acceptors (Lipinski definition) is 1. The Labute approximate surface area is 184 Å². The highest BCUT2D eigenvalue weighted by atomic mass is 16.5. The van der Waals surface area contributed by atoms with E-state index in [1.54, 1.807) is 7.11 Å². The summed E-state index contributed by atoms with van der Waals surface area (Å²) in [6, 6.07) is 27.1. The summed E-state index contributed by atoms with van der Waals surface area (Å²) in [6.07, 6.45) is 4.20. The van der Waals surface area contributed by atoms with E-state index in [2.05, 4.69) is 98.8 Å². The second-order valence-corrected chi connectivity index (χ2v) is 7.87. The number of aromatic nitrogens is 4. The van der Waals surface area contributed by atoms with E-state index in [4.69, 9.17) is 4.74 Å². The van der Waals surface area contributed by atoms with Crippen molar-refractivity contribution in [2.75, 3.05) is 7.11 Å². The maximum absolute atomic E-state index is 5.80. The summed E-state index contributed by atoms with van der Waals surface area (Å²) in [7, 11) is 1.70. The molecule has 1 aliphatic heterocycles. The van der Waals surface area contributed by atoms with Gasteiger partial charge in [0, 0.05) is 38.7 Å². The summed E-state index contributed by atoms with van der Waals surface area (Å²) in [5, 5.41) is 4.00. The van der Waals surface area contributed by atoms with E-state index in [0.29, 0.717) is 0 Å². The minimum atomic E-state index is 0.767. The van der Waals surface area contributed by atoms with Gasteiger partial charge in [0.05, 0.1) is 18.2 Å². The van der Waals surface area contributed by atoms with Crippen LogP contribution in [0, 0.1) is 0 Å². The van der Waals surface area contributed by atoms with Gasteiger partial charge in [0.2, 0.25) is 0 Å². The van der Waals surface area contributed by atoms with E-state index in [1.807, 2.05) is 12.1 Å². The number of hydrogen-bond donors (Lipinski definition) is 4. The van der Waals surface area contributed by atoms with Gasteiger partial charge in [0.1, 0.15) is 0 Å². The average molecular weight is 419 g/mol. The smallest absolute Gasteiger partial charge is 0.165 e. The van der Waals surface area contributed by atoms with Crippen LogP contribution >= 0.6 is 0 Å². The van der Waals surface area contributed by atoms with Crippen molar-refractivity contribution in [3.63, 3.8) is 0 Å². The highest BCUT2D eigenvalue weighted by Crippen LogP contribution is 2.20. The highest BCUT2D eigenvalue weighted by Gasteiger charge is 2.11. The molecule has 0 radical (unpaired) electrons. The van der Waals surface area contributed by atoms with Gasteiger partial charge in [-0.25, -0.2) is 0 Å². The maximum Gasteiger partial charge on any atom is 0.165 e. The lowest BCUT2D eigenvalue weighted by molar-refractivity contribution is 0.364. The predicted octanol–water partition coefficient (Wildman–Crippen LogP) is 2.02. The molecule has 5 heterocycles. The van der Waals surface area contributed by atoms with E-state index in [1.165, 1.54) is 0 Å². The van der Waals surface area contributed by atoms with Crippen molar-refractivity contribution >= 4 is 23.5 Å². The molecule has 0 fully saturated rings. The van der Waals surface area contributed by atoms with E-state index in [0.717, 1.165) is 61.1 Å². The second-order valence-electron chi connectivity index (χ2n) is 7.87. The Balaban J connectivity index is 1.72. The Hall–Kier alpha value is -4.38. The minimum absolute atomic E-state index is 0.767. The second kappa shape index (κ2) is 7.39. The van der Waals surface area contributed by atoms with Crippen molar-refractivity contribution in [2.24, 2.45) is 0 Å². The molecule has 6 rings (SSSR count). The lowest BCUT2D eigenvalue weighted by atomic mass is 10.0. The number of rotatable bonds is 2. The molecule has 5 aromatic rings. The molecule has 5 nitrogen and oxygen atoms in total. The molecule has 32 heavy (non-hydrogen) atoms. The SMILES string of the molecule is COC1=c2ccc([nH]2)=C(c2ccccc2)c2ccc([nH]2)C=c2ccc([nH]2)=Cc2ccc1[nH]2. The molecule has 8 bridgehead atoms. The Bertz CT molecular complexity index is 1660. The first-order valence-electron chi connectivity index (χ1n) is 10.6. The molecular formula is C27H22N4O. The Morgan fingerprint density at radius 1 is 0.562 bits per heavy atom. The Kier molecular flexibility index (Phi) is 4.25. The van der Waals surface area contributed by atoms with Crippen LogP contribution in [0.5, 0.6) is 0 Å². The number of methoxy groups -OCH3 is 1. The third-order valence-electron chi connectivity index (χ3n) is 5.75. The molecular weight excluding hydrogens is 396 g/mol. The highest BCUT2D eigenvalue weighted by molar-refractivity contribution is 5.78. The zero-order valence-corrected chi connectivity index (χ0v) is 17.6. The quantitative estimate of drug-likeness (QED) is 0.348. The number of fused-ring (bicyclic) bond motifs is 8. The number of H-pyrrole nitrogens is 4. The van der Waals surface area contributed by atoms with Crippen molar-refractivity contribution in [1.82, 2.24) is 19.9 Å². The number of ether oxygens (including phenoxy) is 1. The first-order valence-corrected chi connectivity index (χ1v) is 10.6. The van der Waals surface area contributed by atoms with E-state index in [-0.39, 0.29) is 0 Å². The molecule has 0 spiro atoms. The molecule has 4 aromatic heterocycles. The Morgan fingerprint density at radius 3 is 1.94 bits per heavy atom. The van der Waals surface area contributed by atoms with Crippen molar-refractivity contribution in [3.05, 3.63) is 129 Å². The molecule has 0 saturated carbocycles. The number of benzene rings is 1. The molecule has 4 N–H and O–H groups in total. The summed E-state index contributed by atoms with van der Waals surface area (Å²) < 4.78 is 5.80. The van der Waals surface area contributed by atoms with Gasteiger partial charge in [-0.05, 0) is 66.2 Å². The summed E-state index contributed by atoms with van der Waals surface area (Å²) in [4.78, 5) is 14.1. The van der Waals surface area contributed by atoms with Crippen molar-refractivity contribution in [2.45, 2.75) is 0 Å². The molecule has 1 aromatic carbocycles. The van der Waals surface area contributed by atoms with Gasteiger partial charge < -0.3 is 24.7 Å². The van der Waals surface area contributed by atoms with Gasteiger partial charge in [-0.2, -0.15) is 0 Å². The third-order valence-corrected chi connectivity index (χ3v) is 5.75. The van der Waals surface area contributed by atoms with E-state index in [9.17, 15) is 0 Å². The van der Waals surface area contributed by atoms with Gasteiger partial charge in [0.25, 0.3) is 0 Å². The first kappa shape index (κ1) is 18.4. The van der Waals surface area contributed by atoms with Crippen LogP contribution in [-0.2, 0) is 4.74 Å². The Morgan fingerprint density at radius 2 is 1.22 bits per heavy atom. The lowest BCUT2D eigenvalue weighted by Crippen LogP contribution is -2.17. The summed E-state index contributed by atoms with van der Waals surface area (Å²) >= 11 is 0. The van der Waals surface area contributed by atoms with Crippen LogP contribution in [-0.4, -0.2) is 27.0 Å². The minimum Gasteiger partial charge on any atom is -0.492 e. The maximum atomic E-state index is 5.80. The van der Waals surface area contributed by atoms with Gasteiger partial charge in [0.15, 0.2) is 5.76 Å². The first-order chi connectivity index (χ1) is 15.8. The van der Waals surface area contributed by atoms with Gasteiger partial charge in [-0.15, -0.1) is 0 Å². The molecule has 0 unspecified atom stereocenters. The largest absolute Gasteiger partial charge is 0.492 e. The molecule has 1 aliphatic rings. The molecule has 156 valence electrons. The van der Waals surface area contributed by atoms with Crippen LogP contribution in [0.25, 0.3) is 23.5 Å². The van der Waals surface area contributed by atoms with Crippen molar-refractivity contribution < 1.29 is 4.74 Å². The van der Waals surface area contributed by atoms with Crippen LogP contribution in [0.4, 0.5) is 0 Å². The monoisotopic (exact) mass is 418 g/mol. The fourth-order valence-corrected chi connectivity index (χ4v) is 4.30. The molecule has 0 saturated heterocycles. The van der Waals surface area contributed by atoms with Gasteiger partial charge >= 0.3 is 0 Å². The average Bonchev–Trinajstić information content (AvgIpc) is 3.60. The topological polar surface area (TPSA) is 72.4 Å². The van der Waals surface area contributed by atoms with E-state index >= 15 is 0 Å². The van der Waals surface area contributed by atoms with Crippen LogP contribution in [0.3, 0.4) is 0 Å². The van der Waals surface area contributed by atoms with Crippen LogP contribution in [0.1, 0.15) is 28.3 Å². The van der Waals surface area contributed by atoms with Gasteiger partial charge in [-0.3, -0.25) is 0 Å². The summed E-state index contributed by atoms with van der Waals surface area (Å²) in [5.41, 5.74) is 6.23. The van der Waals surface area contributed by atoms with E-state index < -0.39 is 0 Å². The fraction of sp³-hybridized carbons (Fsp3) is 0.0370. The molecule has 0 atom stereocenters. The van der Waals surface area contributed by atoms with Crippen LogP contribution < -0.4 is 21.4 Å². The van der Waals surface area contributed by atoms with Crippen molar-refractivity contribution in [3.8, 4) is 0 Å². The van der Waals surface area contributed by atoms with Crippen LogP contribution in [0.15, 0.2) is 78.9 Å². The van der Waals surface area contributed by atoms with Crippen LogP contribution in [0.2, 0.25) is 0 Å².